The SMILES string of the molecule is COC1/C=C/OC2(C)Oc3c(C)c(O)c4c(O)c(c(/C=N/OCCN5CCCCC5)c(O)c4c3C2=O)NC(=O)C(C)=C/C=C/C(C)C(O)C(C)C(O)C(C)C(OC(C)=O)C1C. The molecule has 4 aliphatic heterocycles. The van der Waals surface area contributed by atoms with Crippen molar-refractivity contribution in [2.45, 2.75) is 105 Å². The third-order valence-electron chi connectivity index (χ3n) is 12.2. The highest BCUT2D eigenvalue weighted by Crippen LogP contribution is 2.55. The van der Waals surface area contributed by atoms with Crippen LogP contribution < -0.4 is 10.1 Å². The highest BCUT2D eigenvalue weighted by molar-refractivity contribution is 6.23. The summed E-state index contributed by atoms with van der Waals surface area (Å²) in [6, 6.07) is 0. The number of anilines is 1. The van der Waals surface area contributed by atoms with Crippen molar-refractivity contribution in [2.75, 3.05) is 38.7 Å². The molecule has 2 aromatic rings. The molecule has 16 nitrogen and oxygen atoms in total. The van der Waals surface area contributed by atoms with E-state index in [1.807, 2.05) is 0 Å². The Morgan fingerprint density at radius 3 is 2.31 bits per heavy atom. The summed E-state index contributed by atoms with van der Waals surface area (Å²) in [7, 11) is 1.43. The van der Waals surface area contributed by atoms with E-state index in [2.05, 4.69) is 15.4 Å². The van der Waals surface area contributed by atoms with Crippen LogP contribution >= 0.6 is 0 Å². The smallest absolute Gasteiger partial charge is 0.312 e. The predicted octanol–water partition coefficient (Wildman–Crippen LogP) is 5.59. The molecule has 9 atom stereocenters. The van der Waals surface area contributed by atoms with Crippen molar-refractivity contribution in [3.63, 3.8) is 0 Å². The van der Waals surface area contributed by atoms with Crippen LogP contribution in [0.3, 0.4) is 0 Å². The third-order valence-corrected chi connectivity index (χ3v) is 12.2. The Hall–Kier alpha value is -5.16. The number of phenols is 3. The van der Waals surface area contributed by atoms with E-state index in [1.54, 1.807) is 39.8 Å². The fraction of sp³-hybridized carbons (Fsp3) is 0.556. The Labute approximate surface area is 356 Å². The average Bonchev–Trinajstić information content (AvgIpc) is 3.50. The van der Waals surface area contributed by atoms with Gasteiger partial charge in [0.25, 0.3) is 11.7 Å². The zero-order valence-electron chi connectivity index (χ0n) is 36.4. The second kappa shape index (κ2) is 19.7. The number of amides is 1. The molecule has 1 saturated heterocycles. The van der Waals surface area contributed by atoms with E-state index in [0.29, 0.717) is 6.54 Å². The first-order chi connectivity index (χ1) is 28.8. The third kappa shape index (κ3) is 9.82. The number of esters is 1. The number of piperidine rings is 1. The molecule has 16 heteroatoms. The summed E-state index contributed by atoms with van der Waals surface area (Å²) in [5, 5.41) is 64.4. The number of hydrogen-bond donors (Lipinski definition) is 6. The van der Waals surface area contributed by atoms with Gasteiger partial charge < -0.3 is 54.6 Å². The van der Waals surface area contributed by atoms with Crippen molar-refractivity contribution >= 4 is 40.3 Å². The summed E-state index contributed by atoms with van der Waals surface area (Å²) in [4.78, 5) is 48.3. The number of hydrogen-bond acceptors (Lipinski definition) is 15. The number of aliphatic hydroxyl groups excluding tert-OH is 2. The fourth-order valence-electron chi connectivity index (χ4n) is 8.37. The zero-order chi connectivity index (χ0) is 44.9. The molecular formula is C45H61N3O13. The first-order valence-corrected chi connectivity index (χ1v) is 20.8. The summed E-state index contributed by atoms with van der Waals surface area (Å²) in [6.07, 6.45) is 7.96. The van der Waals surface area contributed by atoms with Crippen LogP contribution in [0.5, 0.6) is 23.0 Å². The van der Waals surface area contributed by atoms with Gasteiger partial charge in [-0.1, -0.05) is 57.5 Å². The number of rotatable bonds is 7. The number of oxime groups is 1. The lowest BCUT2D eigenvalue weighted by molar-refractivity contribution is -0.160. The van der Waals surface area contributed by atoms with Gasteiger partial charge in [-0.15, -0.1) is 0 Å². The van der Waals surface area contributed by atoms with Gasteiger partial charge in [-0.3, -0.25) is 19.3 Å². The Bertz CT molecular complexity index is 2090. The maximum atomic E-state index is 14.4. The molecule has 334 valence electrons. The number of ether oxygens (including phenoxy) is 4. The monoisotopic (exact) mass is 851 g/mol. The van der Waals surface area contributed by atoms with Crippen LogP contribution in [-0.4, -0.2) is 118 Å². The second-order valence-corrected chi connectivity index (χ2v) is 16.6. The number of likely N-dealkylation sites (tertiary alicyclic amines) is 1. The molecule has 6 N–H and O–H groups in total. The second-order valence-electron chi connectivity index (χ2n) is 16.6. The fourth-order valence-corrected chi connectivity index (χ4v) is 8.37. The van der Waals surface area contributed by atoms with Crippen LogP contribution in [0, 0.1) is 30.6 Å². The lowest BCUT2D eigenvalue weighted by Gasteiger charge is -2.38. The summed E-state index contributed by atoms with van der Waals surface area (Å²) in [5.41, 5.74) is -0.555. The number of aliphatic hydroxyl groups is 2. The minimum absolute atomic E-state index is 0.0408. The van der Waals surface area contributed by atoms with Gasteiger partial charge in [0, 0.05) is 67.7 Å². The first kappa shape index (κ1) is 46.9. The van der Waals surface area contributed by atoms with Gasteiger partial charge in [0.1, 0.15) is 30.0 Å². The molecule has 0 aliphatic carbocycles. The highest BCUT2D eigenvalue weighted by atomic mass is 16.7. The largest absolute Gasteiger partial charge is 0.507 e. The van der Waals surface area contributed by atoms with E-state index in [-0.39, 0.29) is 51.1 Å². The molecule has 2 aromatic carbocycles. The van der Waals surface area contributed by atoms with Crippen LogP contribution in [0.25, 0.3) is 10.8 Å². The first-order valence-electron chi connectivity index (χ1n) is 20.8. The number of nitrogens with one attached hydrogen (secondary N) is 1. The van der Waals surface area contributed by atoms with Gasteiger partial charge in [-0.05, 0) is 45.9 Å². The van der Waals surface area contributed by atoms with E-state index in [9.17, 15) is 39.9 Å². The summed E-state index contributed by atoms with van der Waals surface area (Å²) >= 11 is 0. The van der Waals surface area contributed by atoms with Crippen molar-refractivity contribution < 1.29 is 63.7 Å². The van der Waals surface area contributed by atoms with E-state index >= 15 is 0 Å². The Balaban J connectivity index is 1.65. The normalized spacial score (nSPS) is 30.4. The Morgan fingerprint density at radius 2 is 1.66 bits per heavy atom. The quantitative estimate of drug-likeness (QED) is 0.0499. The number of benzene rings is 2. The zero-order valence-corrected chi connectivity index (χ0v) is 36.4. The molecule has 61 heavy (non-hydrogen) atoms. The number of aromatic hydroxyl groups is 3. The van der Waals surface area contributed by atoms with Gasteiger partial charge in [-0.2, -0.15) is 0 Å². The van der Waals surface area contributed by atoms with Crippen LogP contribution in [0.1, 0.15) is 89.2 Å². The molecule has 4 heterocycles. The predicted molar refractivity (Wildman–Crippen MR) is 228 cm³/mol. The standard InChI is InChI=1S/C45H61N3O13/c1-23-14-13-15-24(2)44(56)47-35-30(22-46-59-21-19-48-17-11-10-12-18-48)39(53)32-33(40(35)54)38(52)28(6)42-34(32)43(55)45(8,61-42)58-20-16-31(57-9)25(3)41(60-29(7)49)27(5)37(51)26(4)36(23)50/h13-16,20,22-23,25-27,31,36-37,41,50-54H,10-12,17-19,21H2,1-9H3,(H,47,56)/b14-13+,20-16+,24-15?,46-22+. The molecule has 5 bridgehead atoms. The maximum absolute atomic E-state index is 14.4. The Kier molecular flexibility index (Phi) is 15.1. The summed E-state index contributed by atoms with van der Waals surface area (Å²) in [5.74, 6) is -8.57. The summed E-state index contributed by atoms with van der Waals surface area (Å²) in [6.45, 7) is 15.2. The lowest BCUT2D eigenvalue weighted by Crippen LogP contribution is -2.46. The van der Waals surface area contributed by atoms with Crippen molar-refractivity contribution in [3.8, 4) is 23.0 Å². The molecule has 0 spiro atoms. The number of allylic oxidation sites excluding steroid dienone is 2. The lowest BCUT2D eigenvalue weighted by atomic mass is 9.78. The van der Waals surface area contributed by atoms with Crippen LogP contribution in [0.4, 0.5) is 5.69 Å². The molecule has 0 aromatic heterocycles. The van der Waals surface area contributed by atoms with Gasteiger partial charge in [0.15, 0.2) is 5.75 Å². The minimum Gasteiger partial charge on any atom is -0.507 e. The van der Waals surface area contributed by atoms with Crippen LogP contribution in [0.15, 0.2) is 41.3 Å². The number of phenolic OH excluding ortho intramolecular Hbond substituents is 3. The molecule has 6 rings (SSSR count). The molecule has 0 saturated carbocycles. The average molecular weight is 852 g/mol. The number of carbonyl (C=O) groups is 3. The van der Waals surface area contributed by atoms with E-state index in [1.165, 1.54) is 59.6 Å². The minimum atomic E-state index is -2.06. The number of fused-ring (bicyclic) bond motifs is 14. The number of ketones is 1. The van der Waals surface area contributed by atoms with Gasteiger partial charge in [0.05, 0.1) is 53.0 Å². The number of methoxy groups -OCH3 is 1. The highest BCUT2D eigenvalue weighted by Gasteiger charge is 2.50. The molecule has 1 amide bonds. The molecule has 4 aliphatic rings. The maximum Gasteiger partial charge on any atom is 0.312 e. The number of nitrogens with zero attached hydrogens (tertiary/aromatic N) is 2. The Morgan fingerprint density at radius 1 is 0.967 bits per heavy atom. The van der Waals surface area contributed by atoms with Gasteiger partial charge in [0.2, 0.25) is 0 Å². The van der Waals surface area contributed by atoms with Gasteiger partial charge >= 0.3 is 11.8 Å². The number of carbonyl (C=O) groups excluding carboxylic acids is 3. The van der Waals surface area contributed by atoms with E-state index < -0.39 is 88.8 Å². The molecule has 9 unspecified atom stereocenters. The molecule has 1 fully saturated rings. The van der Waals surface area contributed by atoms with E-state index in [0.717, 1.165) is 32.1 Å². The molecule has 0 radical (unpaired) electrons. The van der Waals surface area contributed by atoms with Gasteiger partial charge in [-0.25, -0.2) is 0 Å². The van der Waals surface area contributed by atoms with Crippen LogP contribution in [0.2, 0.25) is 0 Å². The molecular weight excluding hydrogens is 791 g/mol. The number of Topliss-reactive ketones (excluding diaryl/α,β-unsaturated/α-hetero) is 1. The summed E-state index contributed by atoms with van der Waals surface area (Å²) < 4.78 is 23.6. The van der Waals surface area contributed by atoms with Crippen molar-refractivity contribution in [1.82, 2.24) is 4.90 Å². The van der Waals surface area contributed by atoms with Crippen molar-refractivity contribution in [3.05, 3.63) is 52.8 Å². The van der Waals surface area contributed by atoms with Crippen molar-refractivity contribution in [1.29, 1.82) is 0 Å². The topological polar surface area (TPSA) is 226 Å². The van der Waals surface area contributed by atoms with Crippen LogP contribution in [-0.2, 0) is 28.6 Å². The van der Waals surface area contributed by atoms with E-state index in [4.69, 9.17) is 23.8 Å². The van der Waals surface area contributed by atoms with Crippen molar-refractivity contribution in [2.24, 2.45) is 28.8 Å².